The molecule has 1 atom stereocenters. The number of nitrogens with one attached hydrogen (secondary N) is 2. The number of nitrogens with zero attached hydrogens (tertiary/aromatic N) is 3. The molecule has 0 radical (unpaired) electrons. The smallest absolute Gasteiger partial charge is 0.203 e. The summed E-state index contributed by atoms with van der Waals surface area (Å²) in [4.78, 5) is 9.09. The number of benzene rings is 1. The lowest BCUT2D eigenvalue weighted by atomic mass is 10.2. The Balaban J connectivity index is 0.000000707. The van der Waals surface area contributed by atoms with Crippen molar-refractivity contribution in [1.82, 2.24) is 14.9 Å². The molecule has 1 heterocycles. The molecular weight excluding hydrogens is 482 g/mol. The van der Waals surface area contributed by atoms with E-state index >= 15 is 0 Å². The summed E-state index contributed by atoms with van der Waals surface area (Å²) >= 11 is 0. The van der Waals surface area contributed by atoms with Gasteiger partial charge in [-0.25, -0.2) is 4.98 Å². The zero-order chi connectivity index (χ0) is 29.6. The maximum absolute atomic E-state index is 5.54. The first-order valence-electron chi connectivity index (χ1n) is 13.5. The molecule has 2 N–H and O–H groups in total. The standard InChI is InChI=1S/C16H26N4.C15H21NO.C2H2/c1-5-10-17-11-9-13(3)18-16-19-15-12(2)7-6-8-14(15)20(16)4;1-6-9-10-15(8-3)12-17-11-14(5)16-13(4)7-2;1-2/h6-8,13,17H,5,9-11H2,1-4H3,(H,18,19);1,7-10H,11-12H2,2-5H3;1-2H/b;10-9-,13-7-,15-8+,16-14?;. The zero-order valence-electron chi connectivity index (χ0n) is 25.3. The van der Waals surface area contributed by atoms with E-state index in [9.17, 15) is 0 Å². The number of hydrogen-bond acceptors (Lipinski definition) is 5. The number of allylic oxidation sites excluding steroid dienone is 4. The van der Waals surface area contributed by atoms with Crippen molar-refractivity contribution in [2.75, 3.05) is 31.6 Å². The molecular formula is C33H49N5O. The molecule has 2 aromatic rings. The Morgan fingerprint density at radius 3 is 2.49 bits per heavy atom. The molecule has 2 rings (SSSR count). The van der Waals surface area contributed by atoms with E-state index in [-0.39, 0.29) is 0 Å². The average Bonchev–Trinajstić information content (AvgIpc) is 3.26. The van der Waals surface area contributed by atoms with E-state index in [0.29, 0.717) is 19.3 Å². The minimum absolute atomic E-state index is 0.412. The summed E-state index contributed by atoms with van der Waals surface area (Å²) in [5.41, 5.74) is 6.54. The molecule has 39 heavy (non-hydrogen) atoms. The van der Waals surface area contributed by atoms with E-state index in [1.54, 1.807) is 6.08 Å². The molecule has 0 aliphatic heterocycles. The quantitative estimate of drug-likeness (QED) is 0.128. The number of rotatable bonds is 13. The number of imidazole rings is 1. The topological polar surface area (TPSA) is 63.5 Å². The minimum atomic E-state index is 0.412. The Kier molecular flexibility index (Phi) is 19.4. The van der Waals surface area contributed by atoms with Crippen molar-refractivity contribution in [1.29, 1.82) is 0 Å². The van der Waals surface area contributed by atoms with E-state index in [2.05, 4.69) is 85.0 Å². The van der Waals surface area contributed by atoms with Crippen molar-refractivity contribution in [3.8, 4) is 25.2 Å². The first kappa shape index (κ1) is 35.4. The largest absolute Gasteiger partial charge is 0.371 e. The highest BCUT2D eigenvalue weighted by Gasteiger charge is 2.11. The van der Waals surface area contributed by atoms with Gasteiger partial charge in [-0.1, -0.05) is 37.1 Å². The fourth-order valence-corrected chi connectivity index (χ4v) is 3.49. The average molecular weight is 532 g/mol. The van der Waals surface area contributed by atoms with Crippen LogP contribution in [0.25, 0.3) is 11.0 Å². The summed E-state index contributed by atoms with van der Waals surface area (Å²) in [6.45, 7) is 17.6. The number of para-hydroxylation sites is 1. The highest BCUT2D eigenvalue weighted by atomic mass is 16.5. The number of hydrogen-bond donors (Lipinski definition) is 2. The third kappa shape index (κ3) is 14.2. The van der Waals surface area contributed by atoms with Crippen LogP contribution in [-0.2, 0) is 11.8 Å². The van der Waals surface area contributed by atoms with Crippen LogP contribution in [0.5, 0.6) is 0 Å². The van der Waals surface area contributed by atoms with Gasteiger partial charge in [0.05, 0.1) is 24.2 Å². The monoisotopic (exact) mass is 531 g/mol. The number of aryl methyl sites for hydroxylation is 2. The SMILES string of the molecule is C#C.C#C/C=C\C(=C/C)COCC(C)=N/C(C)=C\C.CCCNCCC(C)Nc1nc2c(C)cccc2n1C. The summed E-state index contributed by atoms with van der Waals surface area (Å²) < 4.78 is 7.68. The fraction of sp³-hybridized carbons (Fsp3) is 0.455. The lowest BCUT2D eigenvalue weighted by Gasteiger charge is -2.14. The van der Waals surface area contributed by atoms with Crippen LogP contribution in [0.3, 0.4) is 0 Å². The highest BCUT2D eigenvalue weighted by Crippen LogP contribution is 2.21. The van der Waals surface area contributed by atoms with Crippen LogP contribution in [0, 0.1) is 32.1 Å². The van der Waals surface area contributed by atoms with Gasteiger partial charge in [0.15, 0.2) is 0 Å². The fourth-order valence-electron chi connectivity index (χ4n) is 3.49. The van der Waals surface area contributed by atoms with E-state index in [1.807, 2.05) is 45.9 Å². The maximum atomic E-state index is 5.54. The second-order valence-electron chi connectivity index (χ2n) is 9.15. The lowest BCUT2D eigenvalue weighted by molar-refractivity contribution is 0.198. The molecule has 6 nitrogen and oxygen atoms in total. The molecule has 0 saturated carbocycles. The number of anilines is 1. The molecule has 0 bridgehead atoms. The van der Waals surface area contributed by atoms with E-state index < -0.39 is 0 Å². The van der Waals surface area contributed by atoms with Crippen molar-refractivity contribution in [2.24, 2.45) is 12.0 Å². The van der Waals surface area contributed by atoms with Crippen LogP contribution >= 0.6 is 0 Å². The molecule has 0 amide bonds. The molecule has 0 aliphatic rings. The van der Waals surface area contributed by atoms with Crippen molar-refractivity contribution >= 4 is 22.7 Å². The molecule has 212 valence electrons. The van der Waals surface area contributed by atoms with Gasteiger partial charge in [0.1, 0.15) is 0 Å². The van der Waals surface area contributed by atoms with Crippen molar-refractivity contribution in [3.63, 3.8) is 0 Å². The first-order valence-corrected chi connectivity index (χ1v) is 13.5. The van der Waals surface area contributed by atoms with E-state index in [4.69, 9.17) is 16.1 Å². The Hall–Kier alpha value is -3.58. The molecule has 0 fully saturated rings. The minimum Gasteiger partial charge on any atom is -0.371 e. The molecule has 6 heteroatoms. The van der Waals surface area contributed by atoms with Gasteiger partial charge in [0.2, 0.25) is 5.95 Å². The van der Waals surface area contributed by atoms with Crippen molar-refractivity contribution in [2.45, 2.75) is 67.3 Å². The Labute approximate surface area is 237 Å². The number of aliphatic imine (C=N–C) groups is 1. The van der Waals surface area contributed by atoms with Gasteiger partial charge < -0.3 is 19.9 Å². The van der Waals surface area contributed by atoms with E-state index in [1.165, 1.54) is 17.5 Å². The third-order valence-corrected chi connectivity index (χ3v) is 5.80. The van der Waals surface area contributed by atoms with Crippen LogP contribution in [0.1, 0.15) is 59.9 Å². The van der Waals surface area contributed by atoms with Gasteiger partial charge in [-0.3, -0.25) is 4.99 Å². The highest BCUT2D eigenvalue weighted by molar-refractivity contribution is 5.84. The predicted octanol–water partition coefficient (Wildman–Crippen LogP) is 6.84. The lowest BCUT2D eigenvalue weighted by Crippen LogP contribution is -2.25. The zero-order valence-corrected chi connectivity index (χ0v) is 25.3. The van der Waals surface area contributed by atoms with Crippen LogP contribution in [0.15, 0.2) is 58.8 Å². The predicted molar refractivity (Wildman–Crippen MR) is 171 cm³/mol. The molecule has 1 unspecified atom stereocenters. The van der Waals surface area contributed by atoms with Gasteiger partial charge in [0.25, 0.3) is 0 Å². The molecule has 0 spiro atoms. The number of terminal acetylenes is 2. The van der Waals surface area contributed by atoms with Gasteiger partial charge in [0, 0.05) is 24.5 Å². The second-order valence-corrected chi connectivity index (χ2v) is 9.15. The van der Waals surface area contributed by atoms with Crippen molar-refractivity contribution in [3.05, 3.63) is 59.3 Å². The first-order chi connectivity index (χ1) is 18.8. The summed E-state index contributed by atoms with van der Waals surface area (Å²) in [5, 5.41) is 6.95. The second kappa shape index (κ2) is 21.4. The van der Waals surface area contributed by atoms with Crippen LogP contribution < -0.4 is 10.6 Å². The third-order valence-electron chi connectivity index (χ3n) is 5.80. The molecule has 0 aliphatic carbocycles. The van der Waals surface area contributed by atoms with Crippen LogP contribution in [-0.4, -0.2) is 47.6 Å². The van der Waals surface area contributed by atoms with Gasteiger partial charge >= 0.3 is 0 Å². The maximum Gasteiger partial charge on any atom is 0.203 e. The van der Waals surface area contributed by atoms with Crippen LogP contribution in [0.4, 0.5) is 5.95 Å². The molecule has 0 saturated heterocycles. The number of ether oxygens (including phenoxy) is 1. The molecule has 1 aromatic heterocycles. The van der Waals surface area contributed by atoms with Crippen LogP contribution in [0.2, 0.25) is 0 Å². The molecule has 1 aromatic carbocycles. The summed E-state index contributed by atoms with van der Waals surface area (Å²) in [6, 6.07) is 6.72. The number of aromatic nitrogens is 2. The van der Waals surface area contributed by atoms with Gasteiger partial charge in [-0.15, -0.1) is 19.3 Å². The Morgan fingerprint density at radius 1 is 1.18 bits per heavy atom. The number of fused-ring (bicyclic) bond motifs is 1. The summed E-state index contributed by atoms with van der Waals surface area (Å²) in [7, 11) is 2.07. The van der Waals surface area contributed by atoms with Gasteiger partial charge in [-0.05, 0) is 96.8 Å². The van der Waals surface area contributed by atoms with Gasteiger partial charge in [-0.2, -0.15) is 0 Å². The summed E-state index contributed by atoms with van der Waals surface area (Å²) in [6.07, 6.45) is 22.9. The Bertz CT molecular complexity index is 1160. The normalized spacial score (nSPS) is 12.8. The summed E-state index contributed by atoms with van der Waals surface area (Å²) in [5.74, 6) is 3.41. The van der Waals surface area contributed by atoms with Crippen molar-refractivity contribution < 1.29 is 4.74 Å². The van der Waals surface area contributed by atoms with E-state index in [0.717, 1.165) is 48.0 Å². The Morgan fingerprint density at radius 2 is 1.90 bits per heavy atom.